The number of anilines is 1. The average Bonchev–Trinajstić information content (AvgIpc) is 2.62. The molecule has 1 heterocycles. The maximum absolute atomic E-state index is 12.3. The van der Waals surface area contributed by atoms with Crippen LogP contribution in [-0.4, -0.2) is 43.9 Å². The van der Waals surface area contributed by atoms with Crippen molar-refractivity contribution in [2.75, 3.05) is 37.4 Å². The van der Waals surface area contributed by atoms with E-state index in [0.717, 1.165) is 12.2 Å². The van der Waals surface area contributed by atoms with Crippen LogP contribution in [0, 0.1) is 0 Å². The van der Waals surface area contributed by atoms with Gasteiger partial charge >= 0.3 is 0 Å². The second-order valence-corrected chi connectivity index (χ2v) is 5.98. The smallest absolute Gasteiger partial charge is 0.291 e. The number of amides is 2. The van der Waals surface area contributed by atoms with E-state index in [2.05, 4.69) is 10.6 Å². The Kier molecular flexibility index (Phi) is 7.64. The Morgan fingerprint density at radius 3 is 2.88 bits per heavy atom. The van der Waals surface area contributed by atoms with Gasteiger partial charge in [0, 0.05) is 30.9 Å². The highest BCUT2D eigenvalue weighted by molar-refractivity contribution is 8.02. The molecule has 2 rings (SSSR count). The normalized spacial score (nSPS) is 13.6. The largest absolute Gasteiger partial charge is 0.487 e. The third-order valence-electron chi connectivity index (χ3n) is 3.25. The number of carbonyl (C=O) groups excluding carboxylic acids is 2. The highest BCUT2D eigenvalue weighted by Crippen LogP contribution is 2.19. The molecule has 0 spiro atoms. The van der Waals surface area contributed by atoms with Gasteiger partial charge in [0.2, 0.25) is 0 Å². The first-order valence-corrected chi connectivity index (χ1v) is 8.98. The Balaban J connectivity index is 1.95. The summed E-state index contributed by atoms with van der Waals surface area (Å²) in [7, 11) is 0. The maximum Gasteiger partial charge on any atom is 0.291 e. The fraction of sp³-hybridized carbons (Fsp3) is 0.412. The van der Waals surface area contributed by atoms with Gasteiger partial charge in [0.05, 0.1) is 17.9 Å². The lowest BCUT2D eigenvalue weighted by Gasteiger charge is -2.15. The van der Waals surface area contributed by atoms with E-state index in [1.807, 2.05) is 6.92 Å². The Labute approximate surface area is 146 Å². The van der Waals surface area contributed by atoms with E-state index in [1.54, 1.807) is 29.7 Å². The number of benzene rings is 1. The van der Waals surface area contributed by atoms with Crippen LogP contribution in [0.5, 0.6) is 0 Å². The van der Waals surface area contributed by atoms with Crippen molar-refractivity contribution in [2.24, 2.45) is 0 Å². The molecule has 0 bridgehead atoms. The van der Waals surface area contributed by atoms with Crippen LogP contribution in [0.1, 0.15) is 23.7 Å². The topological polar surface area (TPSA) is 76.7 Å². The first kappa shape index (κ1) is 18.4. The highest BCUT2D eigenvalue weighted by Gasteiger charge is 2.17. The minimum Gasteiger partial charge on any atom is -0.487 e. The van der Waals surface area contributed by atoms with Crippen LogP contribution in [0.4, 0.5) is 5.69 Å². The maximum atomic E-state index is 12.3. The van der Waals surface area contributed by atoms with Gasteiger partial charge in [-0.05, 0) is 25.5 Å². The molecule has 1 aromatic carbocycles. The second-order valence-electron chi connectivity index (χ2n) is 5.01. The quantitative estimate of drug-likeness (QED) is 0.704. The lowest BCUT2D eigenvalue weighted by atomic mass is 10.1. The molecule has 1 aliphatic heterocycles. The molecule has 0 saturated carbocycles. The Bertz CT molecular complexity index is 604. The minimum absolute atomic E-state index is 0.227. The summed E-state index contributed by atoms with van der Waals surface area (Å²) in [5, 5.41) is 7.26. The molecule has 0 aromatic heterocycles. The molecule has 7 heteroatoms. The van der Waals surface area contributed by atoms with E-state index >= 15 is 0 Å². The number of ether oxygens (including phenoxy) is 2. The summed E-state index contributed by atoms with van der Waals surface area (Å²) in [5.74, 6) is 0.532. The number of carbonyl (C=O) groups is 2. The number of hydrogen-bond acceptors (Lipinski definition) is 5. The standard InChI is InChI=1S/C17H22N2O4S/c1-2-22-9-5-8-18-16(20)13-6-3-4-7-14(13)19-17(21)15-12-24-11-10-23-15/h3-4,6-7,12H,2,5,8-11H2,1H3,(H,18,20)(H,19,21). The minimum atomic E-state index is -0.348. The van der Waals surface area contributed by atoms with Crippen molar-refractivity contribution >= 4 is 29.3 Å². The molecule has 0 aliphatic carbocycles. The zero-order chi connectivity index (χ0) is 17.2. The van der Waals surface area contributed by atoms with Crippen molar-refractivity contribution in [3.8, 4) is 0 Å². The summed E-state index contributed by atoms with van der Waals surface area (Å²) in [5.41, 5.74) is 0.885. The van der Waals surface area contributed by atoms with E-state index in [4.69, 9.17) is 9.47 Å². The summed E-state index contributed by atoms with van der Waals surface area (Å²) in [6.07, 6.45) is 0.742. The van der Waals surface area contributed by atoms with Crippen molar-refractivity contribution in [1.29, 1.82) is 0 Å². The van der Waals surface area contributed by atoms with Gasteiger partial charge in [0.15, 0.2) is 5.76 Å². The van der Waals surface area contributed by atoms with E-state index in [1.165, 1.54) is 11.8 Å². The predicted octanol–water partition coefficient (Wildman–Crippen LogP) is 2.39. The molecule has 2 N–H and O–H groups in total. The summed E-state index contributed by atoms with van der Waals surface area (Å²) in [4.78, 5) is 24.5. The molecule has 0 radical (unpaired) electrons. The summed E-state index contributed by atoms with van der Waals surface area (Å²) < 4.78 is 10.6. The average molecular weight is 350 g/mol. The fourth-order valence-electron chi connectivity index (χ4n) is 2.08. The molecule has 1 aliphatic rings. The summed E-state index contributed by atoms with van der Waals surface area (Å²) >= 11 is 1.53. The molecular formula is C17H22N2O4S. The van der Waals surface area contributed by atoms with Crippen LogP contribution in [0.25, 0.3) is 0 Å². The molecule has 0 fully saturated rings. The predicted molar refractivity (Wildman–Crippen MR) is 95.0 cm³/mol. The van der Waals surface area contributed by atoms with Crippen LogP contribution < -0.4 is 10.6 Å². The number of thioether (sulfide) groups is 1. The Morgan fingerprint density at radius 2 is 2.12 bits per heavy atom. The van der Waals surface area contributed by atoms with Gasteiger partial charge in [0.25, 0.3) is 11.8 Å². The van der Waals surface area contributed by atoms with E-state index < -0.39 is 0 Å². The Morgan fingerprint density at radius 1 is 1.29 bits per heavy atom. The molecule has 130 valence electrons. The molecular weight excluding hydrogens is 328 g/mol. The van der Waals surface area contributed by atoms with Crippen molar-refractivity contribution in [1.82, 2.24) is 5.32 Å². The van der Waals surface area contributed by atoms with Gasteiger partial charge in [0.1, 0.15) is 0 Å². The van der Waals surface area contributed by atoms with E-state index in [9.17, 15) is 9.59 Å². The Hall–Kier alpha value is -1.99. The molecule has 0 atom stereocenters. The molecule has 0 saturated heterocycles. The van der Waals surface area contributed by atoms with Crippen molar-refractivity contribution < 1.29 is 19.1 Å². The van der Waals surface area contributed by atoms with Crippen LogP contribution >= 0.6 is 11.8 Å². The van der Waals surface area contributed by atoms with Gasteiger partial charge < -0.3 is 20.1 Å². The molecule has 0 unspecified atom stereocenters. The van der Waals surface area contributed by atoms with Crippen molar-refractivity contribution in [2.45, 2.75) is 13.3 Å². The summed E-state index contributed by atoms with van der Waals surface area (Å²) in [6, 6.07) is 6.91. The van der Waals surface area contributed by atoms with Crippen LogP contribution in [0.2, 0.25) is 0 Å². The highest BCUT2D eigenvalue weighted by atomic mass is 32.2. The zero-order valence-electron chi connectivity index (χ0n) is 13.7. The van der Waals surface area contributed by atoms with Gasteiger partial charge in [-0.25, -0.2) is 0 Å². The fourth-order valence-corrected chi connectivity index (χ4v) is 2.70. The monoisotopic (exact) mass is 350 g/mol. The van der Waals surface area contributed by atoms with E-state index in [-0.39, 0.29) is 17.6 Å². The second kappa shape index (κ2) is 10.00. The van der Waals surface area contributed by atoms with Gasteiger partial charge in [-0.15, -0.1) is 11.8 Å². The van der Waals surface area contributed by atoms with Crippen LogP contribution in [0.3, 0.4) is 0 Å². The van der Waals surface area contributed by atoms with Crippen LogP contribution in [-0.2, 0) is 14.3 Å². The molecule has 2 amide bonds. The number of rotatable bonds is 8. The third-order valence-corrected chi connectivity index (χ3v) is 4.03. The van der Waals surface area contributed by atoms with E-state index in [0.29, 0.717) is 37.6 Å². The number of hydrogen-bond donors (Lipinski definition) is 2. The molecule has 6 nitrogen and oxygen atoms in total. The van der Waals surface area contributed by atoms with Gasteiger partial charge in [-0.2, -0.15) is 0 Å². The third kappa shape index (κ3) is 5.58. The lowest BCUT2D eigenvalue weighted by Crippen LogP contribution is -2.27. The first-order valence-electron chi connectivity index (χ1n) is 7.93. The molecule has 24 heavy (non-hydrogen) atoms. The van der Waals surface area contributed by atoms with Crippen molar-refractivity contribution in [3.63, 3.8) is 0 Å². The van der Waals surface area contributed by atoms with Gasteiger partial charge in [-0.1, -0.05) is 12.1 Å². The number of nitrogens with one attached hydrogen (secondary N) is 2. The SMILES string of the molecule is CCOCCCNC(=O)c1ccccc1NC(=O)C1=CSCCO1. The van der Waals surface area contributed by atoms with Crippen LogP contribution in [0.15, 0.2) is 35.4 Å². The van der Waals surface area contributed by atoms with Crippen molar-refractivity contribution in [3.05, 3.63) is 41.0 Å². The summed E-state index contributed by atoms with van der Waals surface area (Å²) in [6.45, 7) is 4.23. The number of para-hydroxylation sites is 1. The lowest BCUT2D eigenvalue weighted by molar-refractivity contribution is -0.116. The van der Waals surface area contributed by atoms with Gasteiger partial charge in [-0.3, -0.25) is 9.59 Å². The molecule has 1 aromatic rings. The zero-order valence-corrected chi connectivity index (χ0v) is 14.5. The first-order chi connectivity index (χ1) is 11.7.